The fourth-order valence-corrected chi connectivity index (χ4v) is 3.28. The van der Waals surface area contributed by atoms with E-state index in [0.29, 0.717) is 5.56 Å². The summed E-state index contributed by atoms with van der Waals surface area (Å²) >= 11 is 0. The number of rotatable bonds is 5. The third-order valence-electron chi connectivity index (χ3n) is 3.29. The molecule has 2 rings (SSSR count). The molecule has 4 nitrogen and oxygen atoms in total. The predicted molar refractivity (Wildman–Crippen MR) is 82.4 cm³/mol. The van der Waals surface area contributed by atoms with Crippen molar-refractivity contribution in [1.29, 1.82) is 0 Å². The Kier molecular flexibility index (Phi) is 4.77. The summed E-state index contributed by atoms with van der Waals surface area (Å²) in [5, 5.41) is 10.2. The van der Waals surface area contributed by atoms with Crippen molar-refractivity contribution in [3.05, 3.63) is 65.7 Å². The largest absolute Gasteiger partial charge is 0.387 e. The van der Waals surface area contributed by atoms with E-state index in [1.807, 2.05) is 13.0 Å². The van der Waals surface area contributed by atoms with Gasteiger partial charge >= 0.3 is 0 Å². The molecule has 0 aliphatic rings. The number of nitrogens with one attached hydrogen (secondary N) is 1. The Labute approximate surface area is 125 Å². The van der Waals surface area contributed by atoms with Gasteiger partial charge in [0.2, 0.25) is 10.0 Å². The minimum Gasteiger partial charge on any atom is -0.387 e. The van der Waals surface area contributed by atoms with Gasteiger partial charge in [0, 0.05) is 6.04 Å². The molecular formula is C16H19NO3S. The van der Waals surface area contributed by atoms with Crippen LogP contribution in [0.1, 0.15) is 24.2 Å². The van der Waals surface area contributed by atoms with Gasteiger partial charge in [-0.15, -0.1) is 0 Å². The van der Waals surface area contributed by atoms with Gasteiger partial charge in [0.25, 0.3) is 0 Å². The molecule has 2 atom stereocenters. The Morgan fingerprint density at radius 2 is 1.57 bits per heavy atom. The molecule has 0 spiro atoms. The Morgan fingerprint density at radius 3 is 2.14 bits per heavy atom. The van der Waals surface area contributed by atoms with Crippen LogP contribution < -0.4 is 4.72 Å². The van der Waals surface area contributed by atoms with Crippen molar-refractivity contribution < 1.29 is 13.5 Å². The summed E-state index contributed by atoms with van der Waals surface area (Å²) in [5.74, 6) is 0. The van der Waals surface area contributed by atoms with Crippen LogP contribution in [-0.4, -0.2) is 19.6 Å². The van der Waals surface area contributed by atoms with E-state index in [-0.39, 0.29) is 4.90 Å². The lowest BCUT2D eigenvalue weighted by Crippen LogP contribution is -2.37. The minimum atomic E-state index is -3.64. The molecule has 0 heterocycles. The maximum absolute atomic E-state index is 12.3. The zero-order valence-corrected chi connectivity index (χ0v) is 12.8. The Bertz CT molecular complexity index is 681. The van der Waals surface area contributed by atoms with Crippen LogP contribution in [0.2, 0.25) is 0 Å². The van der Waals surface area contributed by atoms with Crippen molar-refractivity contribution in [1.82, 2.24) is 4.72 Å². The van der Waals surface area contributed by atoms with Crippen molar-refractivity contribution in [2.24, 2.45) is 0 Å². The van der Waals surface area contributed by atoms with E-state index in [4.69, 9.17) is 0 Å². The lowest BCUT2D eigenvalue weighted by atomic mass is 10.0. The molecule has 0 aromatic heterocycles. The maximum atomic E-state index is 12.3. The van der Waals surface area contributed by atoms with Crippen LogP contribution in [-0.2, 0) is 10.0 Å². The smallest absolute Gasteiger partial charge is 0.240 e. The van der Waals surface area contributed by atoms with Gasteiger partial charge < -0.3 is 5.11 Å². The highest BCUT2D eigenvalue weighted by Gasteiger charge is 2.23. The van der Waals surface area contributed by atoms with E-state index >= 15 is 0 Å². The summed E-state index contributed by atoms with van der Waals surface area (Å²) < 4.78 is 27.0. The highest BCUT2D eigenvalue weighted by Crippen LogP contribution is 2.18. The van der Waals surface area contributed by atoms with Gasteiger partial charge in [0.15, 0.2) is 0 Å². The topological polar surface area (TPSA) is 66.4 Å². The summed E-state index contributed by atoms with van der Waals surface area (Å²) in [6.45, 7) is 3.54. The van der Waals surface area contributed by atoms with E-state index in [1.54, 1.807) is 55.5 Å². The molecule has 2 N–H and O–H groups in total. The maximum Gasteiger partial charge on any atom is 0.240 e. The summed E-state index contributed by atoms with van der Waals surface area (Å²) in [4.78, 5) is 0.195. The first-order valence-corrected chi connectivity index (χ1v) is 8.20. The average Bonchev–Trinajstić information content (AvgIpc) is 2.47. The molecule has 0 saturated carbocycles. The first kappa shape index (κ1) is 15.7. The number of aliphatic hydroxyl groups is 1. The zero-order valence-electron chi connectivity index (χ0n) is 12.0. The summed E-state index contributed by atoms with van der Waals surface area (Å²) in [6.07, 6.45) is -0.897. The van der Waals surface area contributed by atoms with Crippen molar-refractivity contribution >= 4 is 10.0 Å². The van der Waals surface area contributed by atoms with E-state index in [2.05, 4.69) is 4.72 Å². The minimum absolute atomic E-state index is 0.195. The van der Waals surface area contributed by atoms with Crippen LogP contribution in [0.4, 0.5) is 0 Å². The molecule has 0 unspecified atom stereocenters. The van der Waals surface area contributed by atoms with Crippen molar-refractivity contribution in [3.8, 4) is 0 Å². The molecule has 0 aliphatic carbocycles. The molecule has 2 aromatic carbocycles. The number of aryl methyl sites for hydroxylation is 1. The SMILES string of the molecule is Cc1ccc(S(=O)(=O)N[C@@H](C)[C@@H](O)c2ccccc2)cc1. The van der Waals surface area contributed by atoms with Gasteiger partial charge in [0.05, 0.1) is 11.0 Å². The molecule has 5 heteroatoms. The third kappa shape index (κ3) is 3.91. The molecule has 0 amide bonds. The van der Waals surface area contributed by atoms with Crippen LogP contribution in [0.15, 0.2) is 59.5 Å². The van der Waals surface area contributed by atoms with Crippen LogP contribution in [0.25, 0.3) is 0 Å². The predicted octanol–water partition coefficient (Wildman–Crippen LogP) is 2.40. The monoisotopic (exact) mass is 305 g/mol. The molecular weight excluding hydrogens is 286 g/mol. The number of aliphatic hydroxyl groups excluding tert-OH is 1. The van der Waals surface area contributed by atoms with E-state index < -0.39 is 22.2 Å². The Balaban J connectivity index is 2.14. The van der Waals surface area contributed by atoms with Crippen molar-refractivity contribution in [2.75, 3.05) is 0 Å². The standard InChI is InChI=1S/C16H19NO3S/c1-12-8-10-15(11-9-12)21(19,20)17-13(2)16(18)14-6-4-3-5-7-14/h3-11,13,16-18H,1-2H3/t13-,16+/m0/s1. The van der Waals surface area contributed by atoms with Gasteiger partial charge in [0.1, 0.15) is 0 Å². The molecule has 0 saturated heterocycles. The second-order valence-corrected chi connectivity index (χ2v) is 6.79. The second kappa shape index (κ2) is 6.39. The Morgan fingerprint density at radius 1 is 1.00 bits per heavy atom. The summed E-state index contributed by atoms with van der Waals surface area (Å²) in [7, 11) is -3.64. The normalized spacial score (nSPS) is 14.6. The molecule has 0 fully saturated rings. The lowest BCUT2D eigenvalue weighted by Gasteiger charge is -2.20. The summed E-state index contributed by atoms with van der Waals surface area (Å²) in [5.41, 5.74) is 1.67. The van der Waals surface area contributed by atoms with Gasteiger partial charge in [-0.3, -0.25) is 0 Å². The third-order valence-corrected chi connectivity index (χ3v) is 4.86. The van der Waals surface area contributed by atoms with Gasteiger partial charge in [-0.25, -0.2) is 13.1 Å². The first-order chi connectivity index (χ1) is 9.90. The average molecular weight is 305 g/mol. The molecule has 21 heavy (non-hydrogen) atoms. The molecule has 2 aromatic rings. The molecule has 112 valence electrons. The zero-order chi connectivity index (χ0) is 15.5. The highest BCUT2D eigenvalue weighted by atomic mass is 32.2. The fourth-order valence-electron chi connectivity index (χ4n) is 2.03. The number of hydrogen-bond donors (Lipinski definition) is 2. The first-order valence-electron chi connectivity index (χ1n) is 6.72. The van der Waals surface area contributed by atoms with Crippen LogP contribution in [0.3, 0.4) is 0 Å². The van der Waals surface area contributed by atoms with E-state index in [0.717, 1.165) is 5.56 Å². The van der Waals surface area contributed by atoms with Crippen LogP contribution >= 0.6 is 0 Å². The van der Waals surface area contributed by atoms with E-state index in [9.17, 15) is 13.5 Å². The van der Waals surface area contributed by atoms with Gasteiger partial charge in [-0.1, -0.05) is 48.0 Å². The summed E-state index contributed by atoms with van der Waals surface area (Å²) in [6, 6.07) is 15.0. The second-order valence-electron chi connectivity index (χ2n) is 5.08. The van der Waals surface area contributed by atoms with Crippen molar-refractivity contribution in [2.45, 2.75) is 30.9 Å². The lowest BCUT2D eigenvalue weighted by molar-refractivity contribution is 0.146. The highest BCUT2D eigenvalue weighted by molar-refractivity contribution is 7.89. The molecule has 0 bridgehead atoms. The number of sulfonamides is 1. The molecule has 0 aliphatic heterocycles. The quantitative estimate of drug-likeness (QED) is 0.891. The van der Waals surface area contributed by atoms with Crippen molar-refractivity contribution in [3.63, 3.8) is 0 Å². The van der Waals surface area contributed by atoms with Crippen LogP contribution in [0.5, 0.6) is 0 Å². The van der Waals surface area contributed by atoms with E-state index in [1.165, 1.54) is 0 Å². The molecule has 0 radical (unpaired) electrons. The number of hydrogen-bond acceptors (Lipinski definition) is 3. The van der Waals surface area contributed by atoms with Crippen LogP contribution in [0, 0.1) is 6.92 Å². The number of benzene rings is 2. The fraction of sp³-hybridized carbons (Fsp3) is 0.250. The van der Waals surface area contributed by atoms with Gasteiger partial charge in [-0.05, 0) is 31.5 Å². The Hall–Kier alpha value is -1.69. The van der Waals surface area contributed by atoms with Gasteiger partial charge in [-0.2, -0.15) is 0 Å².